The van der Waals surface area contributed by atoms with E-state index in [2.05, 4.69) is 17.0 Å². The van der Waals surface area contributed by atoms with Gasteiger partial charge in [-0.3, -0.25) is 4.90 Å². The van der Waals surface area contributed by atoms with E-state index in [1.807, 2.05) is 25.1 Å². The second-order valence-corrected chi connectivity index (χ2v) is 5.88. The number of aliphatic hydroxyl groups is 1. The van der Waals surface area contributed by atoms with Gasteiger partial charge in [-0.05, 0) is 37.5 Å². The molecule has 1 fully saturated rings. The summed E-state index contributed by atoms with van der Waals surface area (Å²) in [5.74, 6) is 0. The lowest BCUT2D eigenvalue weighted by Gasteiger charge is -2.35. The number of hydrogen-bond donors (Lipinski definition) is 1. The van der Waals surface area contributed by atoms with Gasteiger partial charge in [0.1, 0.15) is 0 Å². The molecule has 1 N–H and O–H groups in total. The summed E-state index contributed by atoms with van der Waals surface area (Å²) in [6.45, 7) is 3.38. The zero-order valence-electron chi connectivity index (χ0n) is 12.3. The van der Waals surface area contributed by atoms with Crippen molar-refractivity contribution in [1.29, 1.82) is 5.26 Å². The van der Waals surface area contributed by atoms with E-state index in [0.29, 0.717) is 18.2 Å². The molecule has 1 aromatic carbocycles. The van der Waals surface area contributed by atoms with Gasteiger partial charge in [-0.15, -0.1) is 0 Å². The van der Waals surface area contributed by atoms with Gasteiger partial charge in [0.15, 0.2) is 0 Å². The van der Waals surface area contributed by atoms with E-state index in [4.69, 9.17) is 5.26 Å². The SMILES string of the molecule is CC(O)CN(Cc1cccc(C#N)c1)C1CCCCC1. The maximum atomic E-state index is 9.74. The van der Waals surface area contributed by atoms with Crippen LogP contribution in [0, 0.1) is 11.3 Å². The topological polar surface area (TPSA) is 47.3 Å². The maximum Gasteiger partial charge on any atom is 0.0991 e. The second kappa shape index (κ2) is 7.42. The lowest BCUT2D eigenvalue weighted by Crippen LogP contribution is -2.40. The summed E-state index contributed by atoms with van der Waals surface area (Å²) in [6, 6.07) is 10.6. The quantitative estimate of drug-likeness (QED) is 0.896. The van der Waals surface area contributed by atoms with E-state index in [1.165, 1.54) is 32.1 Å². The highest BCUT2D eigenvalue weighted by molar-refractivity contribution is 5.32. The first-order chi connectivity index (χ1) is 9.69. The smallest absolute Gasteiger partial charge is 0.0991 e. The summed E-state index contributed by atoms with van der Waals surface area (Å²) in [4.78, 5) is 2.39. The molecule has 0 aromatic heterocycles. The molecule has 3 heteroatoms. The van der Waals surface area contributed by atoms with E-state index in [0.717, 1.165) is 12.1 Å². The first-order valence-corrected chi connectivity index (χ1v) is 7.60. The Morgan fingerprint density at radius 2 is 2.10 bits per heavy atom. The van der Waals surface area contributed by atoms with Crippen molar-refractivity contribution in [3.63, 3.8) is 0 Å². The van der Waals surface area contributed by atoms with Crippen LogP contribution >= 0.6 is 0 Å². The zero-order chi connectivity index (χ0) is 14.4. The molecule has 1 unspecified atom stereocenters. The molecule has 0 heterocycles. The van der Waals surface area contributed by atoms with Crippen molar-refractivity contribution in [2.24, 2.45) is 0 Å². The van der Waals surface area contributed by atoms with Crippen molar-refractivity contribution < 1.29 is 5.11 Å². The Hall–Kier alpha value is -1.37. The molecule has 1 aliphatic rings. The second-order valence-electron chi connectivity index (χ2n) is 5.88. The van der Waals surface area contributed by atoms with Crippen molar-refractivity contribution >= 4 is 0 Å². The standard InChI is InChI=1S/C17H24N2O/c1-14(20)12-19(17-8-3-2-4-9-17)13-16-7-5-6-15(10-16)11-18/h5-7,10,14,17,20H,2-4,8-9,12-13H2,1H3. The minimum atomic E-state index is -0.309. The van der Waals surface area contributed by atoms with Gasteiger partial charge >= 0.3 is 0 Å². The van der Waals surface area contributed by atoms with E-state index in [1.54, 1.807) is 0 Å². The summed E-state index contributed by atoms with van der Waals surface area (Å²) in [5.41, 5.74) is 1.87. The molecule has 0 amide bonds. The van der Waals surface area contributed by atoms with Crippen LogP contribution in [0.4, 0.5) is 0 Å². The van der Waals surface area contributed by atoms with Gasteiger partial charge in [0.2, 0.25) is 0 Å². The molecular formula is C17H24N2O. The average Bonchev–Trinajstić information content (AvgIpc) is 2.47. The predicted molar refractivity (Wildman–Crippen MR) is 80.1 cm³/mol. The number of hydrogen-bond acceptors (Lipinski definition) is 3. The van der Waals surface area contributed by atoms with Crippen LogP contribution in [0.5, 0.6) is 0 Å². The molecule has 108 valence electrons. The first kappa shape index (κ1) is 15.0. The van der Waals surface area contributed by atoms with Gasteiger partial charge in [0.05, 0.1) is 17.7 Å². The minimum Gasteiger partial charge on any atom is -0.392 e. The summed E-state index contributed by atoms with van der Waals surface area (Å²) in [7, 11) is 0. The Balaban J connectivity index is 2.07. The Morgan fingerprint density at radius 1 is 1.35 bits per heavy atom. The third-order valence-corrected chi connectivity index (χ3v) is 4.03. The van der Waals surface area contributed by atoms with Gasteiger partial charge in [0.25, 0.3) is 0 Å². The molecule has 2 rings (SSSR count). The summed E-state index contributed by atoms with van der Waals surface area (Å²) >= 11 is 0. The molecule has 3 nitrogen and oxygen atoms in total. The number of nitriles is 1. The van der Waals surface area contributed by atoms with Crippen LogP contribution in [0.15, 0.2) is 24.3 Å². The number of rotatable bonds is 5. The molecule has 0 saturated heterocycles. The molecule has 1 atom stereocenters. The number of nitrogens with zero attached hydrogens (tertiary/aromatic N) is 2. The van der Waals surface area contributed by atoms with Gasteiger partial charge in [-0.25, -0.2) is 0 Å². The molecule has 0 aliphatic heterocycles. The lowest BCUT2D eigenvalue weighted by molar-refractivity contribution is 0.0769. The van der Waals surface area contributed by atoms with Crippen LogP contribution < -0.4 is 0 Å². The fraction of sp³-hybridized carbons (Fsp3) is 0.588. The van der Waals surface area contributed by atoms with E-state index < -0.39 is 0 Å². The van der Waals surface area contributed by atoms with Crippen LogP contribution in [0.2, 0.25) is 0 Å². The number of aliphatic hydroxyl groups excluding tert-OH is 1. The van der Waals surface area contributed by atoms with Gasteiger partial charge < -0.3 is 5.11 Å². The third-order valence-electron chi connectivity index (χ3n) is 4.03. The Labute approximate surface area is 121 Å². The van der Waals surface area contributed by atoms with Gasteiger partial charge in [-0.2, -0.15) is 5.26 Å². The minimum absolute atomic E-state index is 0.309. The molecule has 1 aromatic rings. The van der Waals surface area contributed by atoms with Crippen LogP contribution in [-0.2, 0) is 6.54 Å². The van der Waals surface area contributed by atoms with E-state index in [9.17, 15) is 5.11 Å². The monoisotopic (exact) mass is 272 g/mol. The summed E-state index contributed by atoms with van der Waals surface area (Å²) in [6.07, 6.45) is 6.06. The zero-order valence-corrected chi connectivity index (χ0v) is 12.3. The normalized spacial score (nSPS) is 17.9. The highest BCUT2D eigenvalue weighted by Crippen LogP contribution is 2.24. The molecule has 0 bridgehead atoms. The number of benzene rings is 1. The highest BCUT2D eigenvalue weighted by Gasteiger charge is 2.22. The molecule has 20 heavy (non-hydrogen) atoms. The summed E-state index contributed by atoms with van der Waals surface area (Å²) in [5, 5.41) is 18.7. The molecule has 1 aliphatic carbocycles. The Kier molecular flexibility index (Phi) is 5.58. The van der Waals surface area contributed by atoms with Crippen molar-refractivity contribution in [2.75, 3.05) is 6.54 Å². The van der Waals surface area contributed by atoms with Crippen LogP contribution in [-0.4, -0.2) is 28.7 Å². The molecule has 1 saturated carbocycles. The van der Waals surface area contributed by atoms with E-state index >= 15 is 0 Å². The fourth-order valence-corrected chi connectivity index (χ4v) is 3.10. The van der Waals surface area contributed by atoms with Crippen LogP contribution in [0.1, 0.15) is 50.2 Å². The van der Waals surface area contributed by atoms with Crippen molar-refractivity contribution in [2.45, 2.75) is 57.7 Å². The maximum absolute atomic E-state index is 9.74. The third kappa shape index (κ3) is 4.33. The van der Waals surface area contributed by atoms with Gasteiger partial charge in [-0.1, -0.05) is 31.4 Å². The first-order valence-electron chi connectivity index (χ1n) is 7.60. The van der Waals surface area contributed by atoms with Crippen molar-refractivity contribution in [3.05, 3.63) is 35.4 Å². The van der Waals surface area contributed by atoms with Crippen molar-refractivity contribution in [1.82, 2.24) is 4.90 Å². The molecule has 0 radical (unpaired) electrons. The summed E-state index contributed by atoms with van der Waals surface area (Å²) < 4.78 is 0. The average molecular weight is 272 g/mol. The van der Waals surface area contributed by atoms with Crippen LogP contribution in [0.25, 0.3) is 0 Å². The lowest BCUT2D eigenvalue weighted by atomic mass is 9.93. The van der Waals surface area contributed by atoms with Gasteiger partial charge in [0, 0.05) is 19.1 Å². The molecule has 0 spiro atoms. The predicted octanol–water partition coefficient (Wildman–Crippen LogP) is 3.07. The highest BCUT2D eigenvalue weighted by atomic mass is 16.3. The van der Waals surface area contributed by atoms with Crippen molar-refractivity contribution in [3.8, 4) is 6.07 Å². The molecular weight excluding hydrogens is 248 g/mol. The largest absolute Gasteiger partial charge is 0.392 e. The fourth-order valence-electron chi connectivity index (χ4n) is 3.10. The Morgan fingerprint density at radius 3 is 2.75 bits per heavy atom. The Bertz CT molecular complexity index is 458. The van der Waals surface area contributed by atoms with Crippen LogP contribution in [0.3, 0.4) is 0 Å². The van der Waals surface area contributed by atoms with E-state index in [-0.39, 0.29) is 6.10 Å².